The first kappa shape index (κ1) is 24.0. The number of piperidine rings is 1. The second-order valence-corrected chi connectivity index (χ2v) is 10.1. The zero-order valence-corrected chi connectivity index (χ0v) is 19.8. The van der Waals surface area contributed by atoms with Crippen molar-refractivity contribution in [2.45, 2.75) is 52.0 Å². The predicted octanol–water partition coefficient (Wildman–Crippen LogP) is 2.83. The minimum absolute atomic E-state index is 0.0373. The number of rotatable bonds is 7. The van der Waals surface area contributed by atoms with Crippen LogP contribution in [-0.4, -0.2) is 49.3 Å². The van der Waals surface area contributed by atoms with Gasteiger partial charge in [0.2, 0.25) is 15.9 Å². The summed E-state index contributed by atoms with van der Waals surface area (Å²) >= 11 is 0. The van der Waals surface area contributed by atoms with E-state index in [0.29, 0.717) is 37.3 Å². The van der Waals surface area contributed by atoms with Crippen molar-refractivity contribution in [3.63, 3.8) is 0 Å². The molecule has 9 heteroatoms. The van der Waals surface area contributed by atoms with Gasteiger partial charge in [-0.1, -0.05) is 29.8 Å². The molecule has 0 unspecified atom stereocenters. The van der Waals surface area contributed by atoms with E-state index in [1.165, 1.54) is 4.31 Å². The monoisotopic (exact) mass is 461 g/mol. The standard InChI is InChI=1S/C23H31N3O5S/c1-5-31-23(28)20-16(3)25-17(4)21(20)32(29,30)26-12-6-7-19(14-26)22(27)24-13-18-10-8-15(2)9-11-18/h8-11,19,25H,5-7,12-14H2,1-4H3,(H,24,27)/t19-/m1/s1. The summed E-state index contributed by atoms with van der Waals surface area (Å²) in [6.45, 7) is 7.87. The third kappa shape index (κ3) is 5.05. The smallest absolute Gasteiger partial charge is 0.341 e. The lowest BCUT2D eigenvalue weighted by Gasteiger charge is -2.31. The maximum Gasteiger partial charge on any atom is 0.341 e. The van der Waals surface area contributed by atoms with Gasteiger partial charge in [-0.2, -0.15) is 4.31 Å². The summed E-state index contributed by atoms with van der Waals surface area (Å²) in [5, 5.41) is 2.92. The molecule has 2 heterocycles. The van der Waals surface area contributed by atoms with Crippen LogP contribution in [0.5, 0.6) is 0 Å². The highest BCUT2D eigenvalue weighted by Crippen LogP contribution is 2.30. The number of hydrogen-bond donors (Lipinski definition) is 2. The number of hydrogen-bond acceptors (Lipinski definition) is 5. The molecule has 3 rings (SSSR count). The maximum absolute atomic E-state index is 13.5. The molecule has 1 aromatic carbocycles. The summed E-state index contributed by atoms with van der Waals surface area (Å²) in [7, 11) is -3.98. The molecule has 1 saturated heterocycles. The fourth-order valence-electron chi connectivity index (χ4n) is 4.07. The highest BCUT2D eigenvalue weighted by Gasteiger charge is 2.38. The van der Waals surface area contributed by atoms with Crippen LogP contribution in [0.2, 0.25) is 0 Å². The number of nitrogens with zero attached hydrogens (tertiary/aromatic N) is 1. The van der Waals surface area contributed by atoms with Crippen molar-refractivity contribution in [1.82, 2.24) is 14.6 Å². The summed E-state index contributed by atoms with van der Waals surface area (Å²) in [6.07, 6.45) is 1.18. The molecular weight excluding hydrogens is 430 g/mol. The lowest BCUT2D eigenvalue weighted by Crippen LogP contribution is -2.45. The van der Waals surface area contributed by atoms with Gasteiger partial charge in [-0.15, -0.1) is 0 Å². The van der Waals surface area contributed by atoms with Gasteiger partial charge >= 0.3 is 5.97 Å². The van der Waals surface area contributed by atoms with Crippen LogP contribution in [0.25, 0.3) is 0 Å². The summed E-state index contributed by atoms with van der Waals surface area (Å²) in [5.41, 5.74) is 3.00. The number of sulfonamides is 1. The van der Waals surface area contributed by atoms with Gasteiger partial charge in [-0.25, -0.2) is 13.2 Å². The number of aryl methyl sites for hydroxylation is 3. The Morgan fingerprint density at radius 3 is 2.50 bits per heavy atom. The average molecular weight is 462 g/mol. The quantitative estimate of drug-likeness (QED) is 0.617. The third-order valence-corrected chi connectivity index (χ3v) is 7.78. The molecule has 2 N–H and O–H groups in total. The second-order valence-electron chi connectivity index (χ2n) is 8.21. The molecule has 0 radical (unpaired) electrons. The first-order valence-corrected chi connectivity index (χ1v) is 12.3. The zero-order valence-electron chi connectivity index (χ0n) is 19.0. The number of H-pyrrole nitrogens is 1. The van der Waals surface area contributed by atoms with Crippen molar-refractivity contribution in [3.8, 4) is 0 Å². The molecule has 8 nitrogen and oxygen atoms in total. The van der Waals surface area contributed by atoms with Crippen LogP contribution in [-0.2, 0) is 26.1 Å². The molecule has 1 atom stereocenters. The number of amides is 1. The minimum atomic E-state index is -3.98. The maximum atomic E-state index is 13.5. The normalized spacial score (nSPS) is 17.2. The number of benzene rings is 1. The Bertz CT molecular complexity index is 1090. The molecule has 1 aromatic heterocycles. The van der Waals surface area contributed by atoms with Crippen LogP contribution in [0, 0.1) is 26.7 Å². The first-order valence-electron chi connectivity index (χ1n) is 10.8. The molecular formula is C23H31N3O5S. The van der Waals surface area contributed by atoms with Gasteiger partial charge in [-0.05, 0) is 46.1 Å². The highest BCUT2D eigenvalue weighted by atomic mass is 32.2. The van der Waals surface area contributed by atoms with E-state index in [-0.39, 0.29) is 29.5 Å². The first-order chi connectivity index (χ1) is 15.1. The van der Waals surface area contributed by atoms with E-state index in [9.17, 15) is 18.0 Å². The van der Waals surface area contributed by atoms with Crippen LogP contribution in [0.15, 0.2) is 29.2 Å². The van der Waals surface area contributed by atoms with Gasteiger partial charge in [0.1, 0.15) is 10.5 Å². The Morgan fingerprint density at radius 2 is 1.84 bits per heavy atom. The van der Waals surface area contributed by atoms with E-state index >= 15 is 0 Å². The summed E-state index contributed by atoms with van der Waals surface area (Å²) in [6, 6.07) is 7.89. The van der Waals surface area contributed by atoms with E-state index in [0.717, 1.165) is 11.1 Å². The number of aromatic nitrogens is 1. The topological polar surface area (TPSA) is 109 Å². The van der Waals surface area contributed by atoms with E-state index in [2.05, 4.69) is 10.3 Å². The third-order valence-electron chi connectivity index (χ3n) is 5.74. The molecule has 1 aliphatic rings. The van der Waals surface area contributed by atoms with Gasteiger partial charge in [0.15, 0.2) is 0 Å². The van der Waals surface area contributed by atoms with E-state index in [1.807, 2.05) is 31.2 Å². The Balaban J connectivity index is 1.76. The van der Waals surface area contributed by atoms with Crippen LogP contribution < -0.4 is 5.32 Å². The molecule has 0 saturated carbocycles. The number of ether oxygens (including phenoxy) is 1. The molecule has 0 aliphatic carbocycles. The van der Waals surface area contributed by atoms with Crippen molar-refractivity contribution in [3.05, 3.63) is 52.3 Å². The zero-order chi connectivity index (χ0) is 23.5. The van der Waals surface area contributed by atoms with E-state index in [1.54, 1.807) is 20.8 Å². The molecule has 0 bridgehead atoms. The average Bonchev–Trinajstić information content (AvgIpc) is 3.07. The largest absolute Gasteiger partial charge is 0.462 e. The molecule has 1 aliphatic heterocycles. The predicted molar refractivity (Wildman–Crippen MR) is 121 cm³/mol. The highest BCUT2D eigenvalue weighted by molar-refractivity contribution is 7.89. The Kier molecular flexibility index (Phi) is 7.40. The number of carbonyl (C=O) groups excluding carboxylic acids is 2. The second kappa shape index (κ2) is 9.87. The van der Waals surface area contributed by atoms with Crippen LogP contribution in [0.3, 0.4) is 0 Å². The number of aromatic amines is 1. The Labute approximate surface area is 189 Å². The van der Waals surface area contributed by atoms with Crippen LogP contribution in [0.1, 0.15) is 52.6 Å². The van der Waals surface area contributed by atoms with E-state index in [4.69, 9.17) is 4.74 Å². The molecule has 0 spiro atoms. The number of esters is 1. The molecule has 1 amide bonds. The lowest BCUT2D eigenvalue weighted by molar-refractivity contribution is -0.126. The van der Waals surface area contributed by atoms with Crippen molar-refractivity contribution in [1.29, 1.82) is 0 Å². The van der Waals surface area contributed by atoms with E-state index < -0.39 is 21.9 Å². The van der Waals surface area contributed by atoms with Crippen LogP contribution >= 0.6 is 0 Å². The Morgan fingerprint density at radius 1 is 1.16 bits per heavy atom. The number of carbonyl (C=O) groups is 2. The SMILES string of the molecule is CCOC(=O)c1c(C)[nH]c(C)c1S(=O)(=O)N1CCC[C@@H](C(=O)NCc2ccc(C)cc2)C1. The minimum Gasteiger partial charge on any atom is -0.462 e. The Hall–Kier alpha value is -2.65. The van der Waals surface area contributed by atoms with Crippen molar-refractivity contribution < 1.29 is 22.7 Å². The van der Waals surface area contributed by atoms with Gasteiger partial charge in [-0.3, -0.25) is 4.79 Å². The van der Waals surface area contributed by atoms with Crippen molar-refractivity contribution in [2.75, 3.05) is 19.7 Å². The molecule has 1 fully saturated rings. The molecule has 174 valence electrons. The summed E-state index contributed by atoms with van der Waals surface area (Å²) in [4.78, 5) is 28.1. The summed E-state index contributed by atoms with van der Waals surface area (Å²) in [5.74, 6) is -1.29. The molecule has 32 heavy (non-hydrogen) atoms. The van der Waals surface area contributed by atoms with Crippen molar-refractivity contribution in [2.24, 2.45) is 5.92 Å². The van der Waals surface area contributed by atoms with Gasteiger partial charge in [0.25, 0.3) is 0 Å². The van der Waals surface area contributed by atoms with Gasteiger partial charge in [0, 0.05) is 31.0 Å². The molecule has 2 aromatic rings. The fourth-order valence-corrected chi connectivity index (χ4v) is 6.01. The van der Waals surface area contributed by atoms with Crippen LogP contribution in [0.4, 0.5) is 0 Å². The lowest BCUT2D eigenvalue weighted by atomic mass is 9.98. The fraction of sp³-hybridized carbons (Fsp3) is 0.478. The summed E-state index contributed by atoms with van der Waals surface area (Å²) < 4.78 is 33.4. The number of nitrogens with one attached hydrogen (secondary N) is 2. The van der Waals surface area contributed by atoms with Gasteiger partial charge in [0.05, 0.1) is 12.5 Å². The van der Waals surface area contributed by atoms with Crippen molar-refractivity contribution >= 4 is 21.9 Å². The van der Waals surface area contributed by atoms with Gasteiger partial charge < -0.3 is 15.0 Å².